The van der Waals surface area contributed by atoms with E-state index >= 15 is 0 Å². The van der Waals surface area contributed by atoms with E-state index in [4.69, 9.17) is 0 Å². The van der Waals surface area contributed by atoms with Crippen molar-refractivity contribution in [3.05, 3.63) is 237 Å². The Morgan fingerprint density at radius 3 is 1.44 bits per heavy atom. The fourth-order valence-corrected chi connectivity index (χ4v) is 11.5. The van der Waals surface area contributed by atoms with Gasteiger partial charge in [-0.05, 0) is 123 Å². The van der Waals surface area contributed by atoms with E-state index < -0.39 is 0 Å². The van der Waals surface area contributed by atoms with Gasteiger partial charge in [-0.25, -0.2) is 0 Å². The molecule has 3 heteroatoms. The van der Waals surface area contributed by atoms with Gasteiger partial charge < -0.3 is 4.90 Å². The van der Waals surface area contributed by atoms with E-state index in [1.807, 2.05) is 22.7 Å². The molecule has 0 atom stereocenters. The summed E-state index contributed by atoms with van der Waals surface area (Å²) in [5, 5.41) is 5.17. The molecule has 2 aromatic heterocycles. The Hall–Kier alpha value is -7.56. The Morgan fingerprint density at radius 1 is 0.254 bits per heavy atom. The van der Waals surface area contributed by atoms with Crippen LogP contribution in [0.15, 0.2) is 237 Å². The zero-order valence-electron chi connectivity index (χ0n) is 34.3. The molecule has 0 saturated carbocycles. The van der Waals surface area contributed by atoms with Crippen molar-refractivity contribution in [3.8, 4) is 55.6 Å². The van der Waals surface area contributed by atoms with Crippen molar-refractivity contribution >= 4 is 80.1 Å². The van der Waals surface area contributed by atoms with Crippen LogP contribution in [0.4, 0.5) is 17.1 Å². The highest BCUT2D eigenvalue weighted by molar-refractivity contribution is 7.26. The first-order valence-corrected chi connectivity index (χ1v) is 23.0. The minimum Gasteiger partial charge on any atom is -0.310 e. The summed E-state index contributed by atoms with van der Waals surface area (Å²) < 4.78 is 5.20. The third kappa shape index (κ3) is 6.79. The molecule has 63 heavy (non-hydrogen) atoms. The van der Waals surface area contributed by atoms with Crippen molar-refractivity contribution in [1.29, 1.82) is 0 Å². The highest BCUT2D eigenvalue weighted by atomic mass is 32.1. The first-order chi connectivity index (χ1) is 31.2. The van der Waals surface area contributed by atoms with Crippen molar-refractivity contribution in [2.45, 2.75) is 0 Å². The molecule has 0 spiro atoms. The Morgan fingerprint density at radius 2 is 0.762 bits per heavy atom. The van der Waals surface area contributed by atoms with Crippen molar-refractivity contribution in [2.75, 3.05) is 4.90 Å². The lowest BCUT2D eigenvalue weighted by Crippen LogP contribution is -2.12. The number of fused-ring (bicyclic) bond motifs is 6. The molecule has 10 aromatic carbocycles. The fraction of sp³-hybridized carbons (Fsp3) is 0. The van der Waals surface area contributed by atoms with Crippen LogP contribution in [0.5, 0.6) is 0 Å². The Labute approximate surface area is 375 Å². The molecule has 0 radical (unpaired) electrons. The summed E-state index contributed by atoms with van der Waals surface area (Å²) in [6, 6.07) is 86.9. The van der Waals surface area contributed by atoms with Crippen LogP contribution >= 0.6 is 22.7 Å². The second kappa shape index (κ2) is 15.7. The topological polar surface area (TPSA) is 3.24 Å². The third-order valence-corrected chi connectivity index (χ3v) is 14.5. The van der Waals surface area contributed by atoms with E-state index in [0.717, 1.165) is 22.6 Å². The van der Waals surface area contributed by atoms with Crippen molar-refractivity contribution < 1.29 is 0 Å². The molecule has 0 N–H and O–H groups in total. The van der Waals surface area contributed by atoms with Crippen LogP contribution in [0.1, 0.15) is 0 Å². The van der Waals surface area contributed by atoms with Gasteiger partial charge >= 0.3 is 0 Å². The lowest BCUT2D eigenvalue weighted by atomic mass is 9.91. The van der Waals surface area contributed by atoms with Crippen LogP contribution in [0, 0.1) is 0 Å². The SMILES string of the molecule is c1ccc(-c2cc(-c3ccccc3)cc(-c3cccc(N(c4ccc5sc6ccccc6c5c4)c4cccc(-c5ccc6c(c5)sc5ccccc56)c4-c4ccccc4)c3)c2)cc1. The standard InChI is InChI=1S/C60H39NS2/c1-4-16-40(17-5-1)45-34-46(41-18-6-2-7-19-41)36-47(35-45)43-22-14-23-48(37-43)61(49-31-33-58-54(39-49)52-25-11-13-29-57(52)62-58)55-27-15-26-50(60(55)42-20-8-3-9-21-42)44-30-32-53-51-24-10-12-28-56(51)63-59(53)38-44/h1-39H. The number of anilines is 3. The van der Waals surface area contributed by atoms with Crippen LogP contribution < -0.4 is 4.90 Å². The van der Waals surface area contributed by atoms with Gasteiger partial charge in [0.1, 0.15) is 0 Å². The minimum atomic E-state index is 1.09. The Kier molecular flexibility index (Phi) is 9.29. The number of nitrogens with zero attached hydrogens (tertiary/aromatic N) is 1. The Bertz CT molecular complexity index is 3560. The molecule has 2 heterocycles. The van der Waals surface area contributed by atoms with Gasteiger partial charge in [-0.2, -0.15) is 0 Å². The lowest BCUT2D eigenvalue weighted by molar-refractivity contribution is 1.29. The average molecular weight is 838 g/mol. The van der Waals surface area contributed by atoms with Crippen molar-refractivity contribution in [3.63, 3.8) is 0 Å². The summed E-state index contributed by atoms with van der Waals surface area (Å²) in [5.74, 6) is 0. The highest BCUT2D eigenvalue weighted by Gasteiger charge is 2.23. The van der Waals surface area contributed by atoms with Gasteiger partial charge in [0, 0.05) is 57.3 Å². The van der Waals surface area contributed by atoms with Gasteiger partial charge in [-0.1, -0.05) is 164 Å². The maximum atomic E-state index is 2.48. The molecular formula is C60H39NS2. The zero-order chi connectivity index (χ0) is 41.7. The number of rotatable bonds is 8. The predicted octanol–water partition coefficient (Wildman–Crippen LogP) is 18.2. The van der Waals surface area contributed by atoms with Crippen LogP contribution in [0.2, 0.25) is 0 Å². The first-order valence-electron chi connectivity index (χ1n) is 21.4. The summed E-state index contributed by atoms with van der Waals surface area (Å²) in [6.45, 7) is 0. The van der Waals surface area contributed by atoms with Crippen LogP contribution in [-0.4, -0.2) is 0 Å². The quantitative estimate of drug-likeness (QED) is 0.147. The number of thiophene rings is 2. The summed E-state index contributed by atoms with van der Waals surface area (Å²) >= 11 is 3.73. The molecule has 296 valence electrons. The lowest BCUT2D eigenvalue weighted by Gasteiger charge is -2.30. The largest absolute Gasteiger partial charge is 0.310 e. The molecule has 1 nitrogen and oxygen atoms in total. The molecule has 0 bridgehead atoms. The summed E-state index contributed by atoms with van der Waals surface area (Å²) in [5.41, 5.74) is 15.2. The zero-order valence-corrected chi connectivity index (χ0v) is 35.9. The van der Waals surface area contributed by atoms with E-state index in [2.05, 4.69) is 241 Å². The maximum absolute atomic E-state index is 2.48. The molecule has 0 fully saturated rings. The molecule has 0 aliphatic heterocycles. The van der Waals surface area contributed by atoms with Gasteiger partial charge in [0.2, 0.25) is 0 Å². The molecule has 0 unspecified atom stereocenters. The smallest absolute Gasteiger partial charge is 0.0546 e. The minimum absolute atomic E-state index is 1.09. The van der Waals surface area contributed by atoms with Gasteiger partial charge in [0.15, 0.2) is 0 Å². The third-order valence-electron chi connectivity index (χ3n) is 12.2. The van der Waals surface area contributed by atoms with Crippen LogP contribution in [-0.2, 0) is 0 Å². The second-order valence-corrected chi connectivity index (χ2v) is 18.2. The predicted molar refractivity (Wildman–Crippen MR) is 274 cm³/mol. The Balaban J connectivity index is 1.09. The first kappa shape index (κ1) is 37.2. The van der Waals surface area contributed by atoms with E-state index in [-0.39, 0.29) is 0 Å². The summed E-state index contributed by atoms with van der Waals surface area (Å²) in [7, 11) is 0. The van der Waals surface area contributed by atoms with Gasteiger partial charge in [-0.3, -0.25) is 0 Å². The van der Waals surface area contributed by atoms with E-state index in [9.17, 15) is 0 Å². The molecule has 0 saturated heterocycles. The average Bonchev–Trinajstić information content (AvgIpc) is 3.92. The number of benzene rings is 10. The number of hydrogen-bond acceptors (Lipinski definition) is 3. The maximum Gasteiger partial charge on any atom is 0.0546 e. The number of hydrogen-bond donors (Lipinski definition) is 0. The molecule has 12 aromatic rings. The second-order valence-electron chi connectivity index (χ2n) is 16.1. The van der Waals surface area contributed by atoms with Crippen LogP contribution in [0.25, 0.3) is 96.0 Å². The van der Waals surface area contributed by atoms with Crippen molar-refractivity contribution in [2.24, 2.45) is 0 Å². The van der Waals surface area contributed by atoms with Crippen LogP contribution in [0.3, 0.4) is 0 Å². The monoisotopic (exact) mass is 837 g/mol. The van der Waals surface area contributed by atoms with E-state index in [1.165, 1.54) is 90.4 Å². The van der Waals surface area contributed by atoms with Gasteiger partial charge in [-0.15, -0.1) is 22.7 Å². The molecular weight excluding hydrogens is 799 g/mol. The molecule has 0 aliphatic carbocycles. The normalized spacial score (nSPS) is 11.5. The van der Waals surface area contributed by atoms with Gasteiger partial charge in [0.05, 0.1) is 5.69 Å². The molecule has 12 rings (SSSR count). The van der Waals surface area contributed by atoms with Gasteiger partial charge in [0.25, 0.3) is 0 Å². The molecule has 0 aliphatic rings. The highest BCUT2D eigenvalue weighted by Crippen LogP contribution is 2.48. The summed E-state index contributed by atoms with van der Waals surface area (Å²) in [4.78, 5) is 2.48. The van der Waals surface area contributed by atoms with Crippen molar-refractivity contribution in [1.82, 2.24) is 0 Å². The van der Waals surface area contributed by atoms with E-state index in [1.54, 1.807) is 0 Å². The fourth-order valence-electron chi connectivity index (χ4n) is 9.26. The molecule has 0 amide bonds. The summed E-state index contributed by atoms with van der Waals surface area (Å²) in [6.07, 6.45) is 0. The van der Waals surface area contributed by atoms with E-state index in [0.29, 0.717) is 0 Å².